The monoisotopic (exact) mass is 416 g/mol. The smallest absolute Gasteiger partial charge is 0.408 e. The highest BCUT2D eigenvalue weighted by molar-refractivity contribution is 5.96. The summed E-state index contributed by atoms with van der Waals surface area (Å²) in [5.74, 6) is -3.17. The lowest BCUT2D eigenvalue weighted by Crippen LogP contribution is -2.52. The van der Waals surface area contributed by atoms with Crippen molar-refractivity contribution in [1.29, 1.82) is 0 Å². The lowest BCUT2D eigenvalue weighted by molar-refractivity contribution is -0.124. The van der Waals surface area contributed by atoms with Crippen LogP contribution in [0.3, 0.4) is 0 Å². The number of carbonyl (C=O) groups is 4. The molecule has 0 bridgehead atoms. The first-order chi connectivity index (χ1) is 14.4. The summed E-state index contributed by atoms with van der Waals surface area (Å²) < 4.78 is 18.7. The summed E-state index contributed by atoms with van der Waals surface area (Å²) in [5, 5.41) is 2.31. The molecule has 0 fully saturated rings. The van der Waals surface area contributed by atoms with Gasteiger partial charge in [-0.05, 0) is 24.1 Å². The molecule has 4 amide bonds. The van der Waals surface area contributed by atoms with E-state index in [1.807, 2.05) is 6.07 Å². The molecule has 0 aliphatic rings. The molecule has 0 spiro atoms. The van der Waals surface area contributed by atoms with E-state index in [0.29, 0.717) is 0 Å². The van der Waals surface area contributed by atoms with Gasteiger partial charge in [-0.2, -0.15) is 0 Å². The zero-order chi connectivity index (χ0) is 21.9. The fourth-order valence-electron chi connectivity index (χ4n) is 2.38. The molecule has 0 unspecified atom stereocenters. The molecule has 0 saturated carbocycles. The van der Waals surface area contributed by atoms with Crippen molar-refractivity contribution >= 4 is 23.8 Å². The molecule has 1 atom stereocenters. The van der Waals surface area contributed by atoms with Crippen molar-refractivity contribution < 1.29 is 28.3 Å². The number of carbonyl (C=O) groups excluding carboxylic acids is 4. The second-order valence-electron chi connectivity index (χ2n) is 6.19. The minimum Gasteiger partial charge on any atom is -0.445 e. The highest BCUT2D eigenvalue weighted by Crippen LogP contribution is 2.06. The number of halogens is 1. The molecule has 30 heavy (non-hydrogen) atoms. The first kappa shape index (κ1) is 22.3. The number of hydrazine groups is 1. The van der Waals surface area contributed by atoms with Crippen molar-refractivity contribution in [2.45, 2.75) is 25.5 Å². The molecule has 2 aromatic rings. The maximum absolute atomic E-state index is 13.6. The lowest BCUT2D eigenvalue weighted by Gasteiger charge is -2.18. The third-order valence-electron chi connectivity index (χ3n) is 3.92. The van der Waals surface area contributed by atoms with E-state index >= 15 is 0 Å². The van der Waals surface area contributed by atoms with Gasteiger partial charge >= 0.3 is 6.09 Å². The Hall–Kier alpha value is -3.95. The van der Waals surface area contributed by atoms with E-state index < -0.39 is 35.7 Å². The Morgan fingerprint density at radius 1 is 0.967 bits per heavy atom. The van der Waals surface area contributed by atoms with Crippen molar-refractivity contribution in [2.75, 3.05) is 0 Å². The SMILES string of the molecule is NC(=O)CC[C@H](NC(=O)OCc1ccccc1)C(=O)NNC(=O)c1ccccc1F. The first-order valence-corrected chi connectivity index (χ1v) is 8.97. The minimum atomic E-state index is -1.22. The quantitative estimate of drug-likeness (QED) is 0.478. The Balaban J connectivity index is 1.92. The van der Waals surface area contributed by atoms with Crippen molar-refractivity contribution in [1.82, 2.24) is 16.2 Å². The Labute approximate surface area is 171 Å². The topological polar surface area (TPSA) is 140 Å². The maximum atomic E-state index is 13.6. The number of nitrogens with one attached hydrogen (secondary N) is 3. The average Bonchev–Trinajstić information content (AvgIpc) is 2.74. The number of amides is 4. The molecule has 0 aliphatic carbocycles. The first-order valence-electron chi connectivity index (χ1n) is 8.97. The lowest BCUT2D eigenvalue weighted by atomic mass is 10.1. The molecule has 0 saturated heterocycles. The number of ether oxygens (including phenoxy) is 1. The van der Waals surface area contributed by atoms with Crippen LogP contribution in [0.5, 0.6) is 0 Å². The summed E-state index contributed by atoms with van der Waals surface area (Å²) in [7, 11) is 0. The fraction of sp³-hybridized carbons (Fsp3) is 0.200. The van der Waals surface area contributed by atoms with Crippen LogP contribution >= 0.6 is 0 Å². The summed E-state index contributed by atoms with van der Waals surface area (Å²) >= 11 is 0. The standard InChI is InChI=1S/C20H21FN4O5/c21-15-9-5-4-8-14(15)18(27)24-25-19(28)16(10-11-17(22)26)23-20(29)30-12-13-6-2-1-3-7-13/h1-9,16H,10-12H2,(H2,22,26)(H,23,29)(H,24,27)(H,25,28)/t16-/m0/s1. The molecule has 5 N–H and O–H groups in total. The zero-order valence-electron chi connectivity index (χ0n) is 15.9. The largest absolute Gasteiger partial charge is 0.445 e. The molecule has 2 aromatic carbocycles. The Kier molecular flexibility index (Phi) is 8.30. The number of rotatable bonds is 8. The van der Waals surface area contributed by atoms with Gasteiger partial charge in [-0.15, -0.1) is 0 Å². The Morgan fingerprint density at radius 2 is 1.63 bits per heavy atom. The summed E-state index contributed by atoms with van der Waals surface area (Å²) in [4.78, 5) is 47.4. The van der Waals surface area contributed by atoms with Crippen LogP contribution in [0.2, 0.25) is 0 Å². The van der Waals surface area contributed by atoms with E-state index in [0.717, 1.165) is 11.6 Å². The van der Waals surface area contributed by atoms with Crippen molar-refractivity contribution in [3.63, 3.8) is 0 Å². The highest BCUT2D eigenvalue weighted by atomic mass is 19.1. The fourth-order valence-corrected chi connectivity index (χ4v) is 2.38. The van der Waals surface area contributed by atoms with Crippen molar-refractivity contribution in [2.24, 2.45) is 5.73 Å². The van der Waals surface area contributed by atoms with Crippen LogP contribution in [0.1, 0.15) is 28.8 Å². The molecule has 0 aromatic heterocycles. The molecule has 2 rings (SSSR count). The van der Waals surface area contributed by atoms with E-state index in [4.69, 9.17) is 10.5 Å². The van der Waals surface area contributed by atoms with Crippen LogP contribution in [0.4, 0.5) is 9.18 Å². The number of primary amides is 1. The second kappa shape index (κ2) is 11.1. The van der Waals surface area contributed by atoms with Gasteiger partial charge in [-0.25, -0.2) is 9.18 Å². The summed E-state index contributed by atoms with van der Waals surface area (Å²) in [6.45, 7) is -0.0269. The molecular formula is C20H21FN4O5. The zero-order valence-corrected chi connectivity index (χ0v) is 15.9. The number of hydrogen-bond acceptors (Lipinski definition) is 5. The summed E-state index contributed by atoms with van der Waals surface area (Å²) in [6.07, 6.45) is -1.22. The number of hydrogen-bond donors (Lipinski definition) is 4. The molecule has 0 radical (unpaired) electrons. The van der Waals surface area contributed by atoms with Crippen LogP contribution < -0.4 is 21.9 Å². The van der Waals surface area contributed by atoms with Gasteiger partial charge in [0, 0.05) is 6.42 Å². The molecular weight excluding hydrogens is 395 g/mol. The Morgan fingerprint density at radius 3 is 2.30 bits per heavy atom. The van der Waals surface area contributed by atoms with Crippen molar-refractivity contribution in [3.05, 3.63) is 71.5 Å². The minimum absolute atomic E-state index is 0.0269. The van der Waals surface area contributed by atoms with E-state index in [-0.39, 0.29) is 25.0 Å². The van der Waals surface area contributed by atoms with Gasteiger partial charge in [0.1, 0.15) is 18.5 Å². The average molecular weight is 416 g/mol. The van der Waals surface area contributed by atoms with E-state index in [1.54, 1.807) is 24.3 Å². The van der Waals surface area contributed by atoms with Crippen LogP contribution in [0.15, 0.2) is 54.6 Å². The van der Waals surface area contributed by atoms with E-state index in [9.17, 15) is 23.6 Å². The van der Waals surface area contributed by atoms with Gasteiger partial charge in [0.05, 0.1) is 5.56 Å². The number of benzene rings is 2. The summed E-state index contributed by atoms with van der Waals surface area (Å²) in [5.41, 5.74) is 9.69. The predicted octanol–water partition coefficient (Wildman–Crippen LogP) is 1.15. The predicted molar refractivity (Wildman–Crippen MR) is 104 cm³/mol. The van der Waals surface area contributed by atoms with Crippen molar-refractivity contribution in [3.8, 4) is 0 Å². The number of nitrogens with two attached hydrogens (primary N) is 1. The molecule has 0 aliphatic heterocycles. The van der Waals surface area contributed by atoms with Gasteiger partial charge < -0.3 is 15.8 Å². The van der Waals surface area contributed by atoms with Gasteiger partial charge in [0.15, 0.2) is 0 Å². The molecule has 158 valence electrons. The van der Waals surface area contributed by atoms with Crippen LogP contribution in [-0.2, 0) is 20.9 Å². The summed E-state index contributed by atoms with van der Waals surface area (Å²) in [6, 6.07) is 12.8. The van der Waals surface area contributed by atoms with Gasteiger partial charge in [0.25, 0.3) is 11.8 Å². The molecule has 0 heterocycles. The normalized spacial score (nSPS) is 11.1. The van der Waals surface area contributed by atoms with Crippen LogP contribution in [-0.4, -0.2) is 29.9 Å². The number of alkyl carbamates (subject to hydrolysis) is 1. The molecule has 10 heteroatoms. The van der Waals surface area contributed by atoms with E-state index in [2.05, 4.69) is 16.2 Å². The van der Waals surface area contributed by atoms with Gasteiger partial charge in [0.2, 0.25) is 5.91 Å². The van der Waals surface area contributed by atoms with Crippen LogP contribution in [0.25, 0.3) is 0 Å². The van der Waals surface area contributed by atoms with Gasteiger partial charge in [-0.1, -0.05) is 42.5 Å². The maximum Gasteiger partial charge on any atom is 0.408 e. The molecule has 9 nitrogen and oxygen atoms in total. The van der Waals surface area contributed by atoms with E-state index in [1.165, 1.54) is 18.2 Å². The highest BCUT2D eigenvalue weighted by Gasteiger charge is 2.23. The Bertz CT molecular complexity index is 907. The van der Waals surface area contributed by atoms with Gasteiger partial charge in [-0.3, -0.25) is 25.2 Å². The van der Waals surface area contributed by atoms with Crippen LogP contribution in [0, 0.1) is 5.82 Å². The second-order valence-corrected chi connectivity index (χ2v) is 6.19. The third-order valence-corrected chi connectivity index (χ3v) is 3.92. The third kappa shape index (κ3) is 7.23.